The Morgan fingerprint density at radius 3 is 3.00 bits per heavy atom. The van der Waals surface area contributed by atoms with E-state index in [2.05, 4.69) is 20.5 Å². The Balaban J connectivity index is 1.71. The summed E-state index contributed by atoms with van der Waals surface area (Å²) in [5.41, 5.74) is 5.36. The maximum Gasteiger partial charge on any atom is 0.317 e. The molecule has 2 fully saturated rings. The van der Waals surface area contributed by atoms with Gasteiger partial charge in [-0.15, -0.1) is 5.10 Å². The number of aromatic amines is 1. The summed E-state index contributed by atoms with van der Waals surface area (Å²) < 4.78 is 0. The molecule has 3 rings (SSSR count). The van der Waals surface area contributed by atoms with Crippen LogP contribution in [0.4, 0.5) is 10.7 Å². The Hall–Kier alpha value is -2.32. The molecule has 2 aliphatic heterocycles. The summed E-state index contributed by atoms with van der Waals surface area (Å²) in [6, 6.07) is -0.0218. The summed E-state index contributed by atoms with van der Waals surface area (Å²) >= 11 is 0. The number of fused-ring (bicyclic) bond motifs is 1. The number of hydrogen-bond donors (Lipinski definition) is 3. The molecule has 18 heavy (non-hydrogen) atoms. The van der Waals surface area contributed by atoms with Gasteiger partial charge in [0.15, 0.2) is 0 Å². The number of piperazine rings is 1. The number of carbonyl (C=O) groups is 2. The smallest absolute Gasteiger partial charge is 0.317 e. The summed E-state index contributed by atoms with van der Waals surface area (Å²) in [4.78, 5) is 30.7. The lowest BCUT2D eigenvalue weighted by Crippen LogP contribution is -2.53. The van der Waals surface area contributed by atoms with Gasteiger partial charge in [-0.25, -0.2) is 4.79 Å². The molecule has 0 spiro atoms. The predicted molar refractivity (Wildman–Crippen MR) is 60.6 cm³/mol. The number of nitrogens with zero attached hydrogens (tertiary/aromatic N) is 4. The first-order chi connectivity index (χ1) is 8.65. The number of nitrogens with two attached hydrogens (primary N) is 1. The van der Waals surface area contributed by atoms with Crippen LogP contribution < -0.4 is 11.1 Å². The zero-order valence-electron chi connectivity index (χ0n) is 9.59. The lowest BCUT2D eigenvalue weighted by atomic mass is 10.2. The number of nitrogens with one attached hydrogen (secondary N) is 2. The van der Waals surface area contributed by atoms with E-state index in [1.165, 1.54) is 0 Å². The van der Waals surface area contributed by atoms with Gasteiger partial charge in [0.25, 0.3) is 5.91 Å². The van der Waals surface area contributed by atoms with Crippen molar-refractivity contribution in [1.82, 2.24) is 30.3 Å². The number of hydrogen-bond acceptors (Lipinski definition) is 5. The highest BCUT2D eigenvalue weighted by Gasteiger charge is 2.37. The quantitative estimate of drug-likeness (QED) is 0.546. The third kappa shape index (κ3) is 1.63. The maximum absolute atomic E-state index is 12.1. The number of carbonyl (C=O) groups excluding carboxylic acids is 2. The van der Waals surface area contributed by atoms with E-state index in [0.717, 1.165) is 0 Å². The number of anilines is 1. The van der Waals surface area contributed by atoms with Crippen LogP contribution in [0.5, 0.6) is 0 Å². The first kappa shape index (κ1) is 10.8. The van der Waals surface area contributed by atoms with Gasteiger partial charge in [0, 0.05) is 26.2 Å². The molecule has 2 aliphatic rings. The zero-order valence-corrected chi connectivity index (χ0v) is 9.59. The van der Waals surface area contributed by atoms with Crippen molar-refractivity contribution < 1.29 is 9.59 Å². The second kappa shape index (κ2) is 3.86. The van der Waals surface area contributed by atoms with Crippen molar-refractivity contribution >= 4 is 17.9 Å². The highest BCUT2D eigenvalue weighted by atomic mass is 16.2. The first-order valence-corrected chi connectivity index (χ1v) is 5.67. The third-order valence-corrected chi connectivity index (χ3v) is 3.22. The Bertz CT molecular complexity index is 499. The van der Waals surface area contributed by atoms with Gasteiger partial charge in [-0.1, -0.05) is 0 Å². The maximum atomic E-state index is 12.1. The van der Waals surface area contributed by atoms with Crippen LogP contribution in [0.15, 0.2) is 0 Å². The average Bonchev–Trinajstić information content (AvgIpc) is 2.95. The Kier molecular flexibility index (Phi) is 2.32. The van der Waals surface area contributed by atoms with Gasteiger partial charge in [-0.05, 0) is 0 Å². The van der Waals surface area contributed by atoms with Gasteiger partial charge >= 0.3 is 6.03 Å². The molecule has 1 atom stereocenters. The largest absolute Gasteiger partial charge is 0.366 e. The Morgan fingerprint density at radius 1 is 1.44 bits per heavy atom. The standard InChI is InChI=1S/C9H13N7O2/c10-8-12-6(13-14-8)7(17)15-1-2-16-5(4-15)3-11-9(16)18/h5H,1-4H2,(H,11,18)(H3,10,12,13,14). The van der Waals surface area contributed by atoms with Gasteiger partial charge in [0.05, 0.1) is 6.04 Å². The second-order valence-electron chi connectivity index (χ2n) is 4.33. The van der Waals surface area contributed by atoms with Crippen LogP contribution in [-0.4, -0.2) is 69.1 Å². The van der Waals surface area contributed by atoms with Crippen molar-refractivity contribution in [3.8, 4) is 0 Å². The predicted octanol–water partition coefficient (Wildman–Crippen LogP) is -1.76. The summed E-state index contributed by atoms with van der Waals surface area (Å²) in [6.07, 6.45) is 0. The lowest BCUT2D eigenvalue weighted by molar-refractivity contribution is 0.0605. The number of amides is 3. The molecule has 1 aromatic rings. The van der Waals surface area contributed by atoms with E-state index >= 15 is 0 Å². The number of aromatic nitrogens is 3. The molecule has 0 bridgehead atoms. The van der Waals surface area contributed by atoms with E-state index < -0.39 is 0 Å². The molecular formula is C9H13N7O2. The summed E-state index contributed by atoms with van der Waals surface area (Å²) in [6.45, 7) is 2.09. The van der Waals surface area contributed by atoms with E-state index in [9.17, 15) is 9.59 Å². The molecule has 4 N–H and O–H groups in total. The Labute approximate surface area is 102 Å². The molecule has 9 heteroatoms. The van der Waals surface area contributed by atoms with Crippen molar-refractivity contribution in [3.05, 3.63) is 5.82 Å². The van der Waals surface area contributed by atoms with Gasteiger partial charge in [0.2, 0.25) is 11.8 Å². The van der Waals surface area contributed by atoms with Crippen LogP contribution >= 0.6 is 0 Å². The van der Waals surface area contributed by atoms with Crippen LogP contribution in [0.2, 0.25) is 0 Å². The SMILES string of the molecule is Nc1n[nH]c(C(=O)N2CCN3C(=O)NCC3C2)n1. The molecule has 3 amide bonds. The van der Waals surface area contributed by atoms with Gasteiger partial charge in [0.1, 0.15) is 0 Å². The second-order valence-corrected chi connectivity index (χ2v) is 4.33. The Morgan fingerprint density at radius 2 is 2.28 bits per heavy atom. The van der Waals surface area contributed by atoms with E-state index in [1.54, 1.807) is 9.80 Å². The van der Waals surface area contributed by atoms with Crippen LogP contribution in [0.1, 0.15) is 10.6 Å². The van der Waals surface area contributed by atoms with Gasteiger partial charge < -0.3 is 20.9 Å². The molecule has 2 saturated heterocycles. The highest BCUT2D eigenvalue weighted by molar-refractivity contribution is 5.91. The third-order valence-electron chi connectivity index (χ3n) is 3.22. The molecule has 3 heterocycles. The van der Waals surface area contributed by atoms with Gasteiger partial charge in [-0.3, -0.25) is 9.89 Å². The van der Waals surface area contributed by atoms with Crippen LogP contribution in [0.3, 0.4) is 0 Å². The summed E-state index contributed by atoms with van der Waals surface area (Å²) in [5, 5.41) is 8.88. The minimum atomic E-state index is -0.238. The number of H-pyrrole nitrogens is 1. The lowest BCUT2D eigenvalue weighted by Gasteiger charge is -2.35. The van der Waals surface area contributed by atoms with Crippen molar-refractivity contribution in [3.63, 3.8) is 0 Å². The van der Waals surface area contributed by atoms with Crippen molar-refractivity contribution in [2.24, 2.45) is 0 Å². The molecule has 0 radical (unpaired) electrons. The molecule has 1 unspecified atom stereocenters. The van der Waals surface area contributed by atoms with Gasteiger partial charge in [-0.2, -0.15) is 4.98 Å². The van der Waals surface area contributed by atoms with E-state index in [4.69, 9.17) is 5.73 Å². The average molecular weight is 251 g/mol. The molecule has 1 aromatic heterocycles. The summed E-state index contributed by atoms with van der Waals surface area (Å²) in [7, 11) is 0. The molecule has 0 aromatic carbocycles. The van der Waals surface area contributed by atoms with Crippen LogP contribution in [0.25, 0.3) is 0 Å². The van der Waals surface area contributed by atoms with Crippen LogP contribution in [0, 0.1) is 0 Å². The normalized spacial score (nSPS) is 22.9. The van der Waals surface area contributed by atoms with E-state index in [-0.39, 0.29) is 29.8 Å². The number of nitrogen functional groups attached to an aromatic ring is 1. The molecule has 96 valence electrons. The molecule has 9 nitrogen and oxygen atoms in total. The molecule has 0 aliphatic carbocycles. The fourth-order valence-electron chi connectivity index (χ4n) is 2.31. The van der Waals surface area contributed by atoms with Crippen molar-refractivity contribution in [2.75, 3.05) is 31.9 Å². The van der Waals surface area contributed by atoms with E-state index in [0.29, 0.717) is 26.2 Å². The molecule has 0 saturated carbocycles. The summed E-state index contributed by atoms with van der Waals surface area (Å²) in [5.74, 6) is -0.0499. The van der Waals surface area contributed by atoms with Crippen molar-refractivity contribution in [2.45, 2.75) is 6.04 Å². The first-order valence-electron chi connectivity index (χ1n) is 5.67. The van der Waals surface area contributed by atoms with E-state index in [1.807, 2.05) is 0 Å². The fraction of sp³-hybridized carbons (Fsp3) is 0.556. The topological polar surface area (TPSA) is 120 Å². The molecular weight excluding hydrogens is 238 g/mol. The number of urea groups is 1. The zero-order chi connectivity index (χ0) is 12.7. The minimum absolute atomic E-state index is 0.0375. The minimum Gasteiger partial charge on any atom is -0.366 e. The number of rotatable bonds is 1. The van der Waals surface area contributed by atoms with Crippen molar-refractivity contribution in [1.29, 1.82) is 0 Å². The fourth-order valence-corrected chi connectivity index (χ4v) is 2.31. The van der Waals surface area contributed by atoms with Crippen LogP contribution in [-0.2, 0) is 0 Å². The monoisotopic (exact) mass is 251 g/mol. The highest BCUT2D eigenvalue weighted by Crippen LogP contribution is 2.15.